The summed E-state index contributed by atoms with van der Waals surface area (Å²) >= 11 is 0. The number of cyclic esters (lactones) is 1. The van der Waals surface area contributed by atoms with E-state index in [4.69, 9.17) is 18.6 Å². The zero-order valence-corrected chi connectivity index (χ0v) is 27.0. The second-order valence-corrected chi connectivity index (χ2v) is 22.6. The van der Waals surface area contributed by atoms with E-state index in [0.717, 1.165) is 5.56 Å². The highest BCUT2D eigenvalue weighted by atomic mass is 28.4. The third kappa shape index (κ3) is 7.53. The van der Waals surface area contributed by atoms with Crippen LogP contribution in [-0.4, -0.2) is 58.5 Å². The minimum absolute atomic E-state index is 0.135. The highest BCUT2D eigenvalue weighted by molar-refractivity contribution is 6.83. The highest BCUT2D eigenvalue weighted by Gasteiger charge is 2.51. The molecule has 0 aliphatic carbocycles. The Labute approximate surface area is 236 Å². The second kappa shape index (κ2) is 13.0. The van der Waals surface area contributed by atoms with E-state index >= 15 is 0 Å². The Morgan fingerprint density at radius 1 is 1.03 bits per heavy atom. The van der Waals surface area contributed by atoms with Crippen molar-refractivity contribution in [3.63, 3.8) is 0 Å². The van der Waals surface area contributed by atoms with Gasteiger partial charge in [-0.2, -0.15) is 0 Å². The number of rotatable bonds is 10. The lowest BCUT2D eigenvalue weighted by atomic mass is 9.94. The summed E-state index contributed by atoms with van der Waals surface area (Å²) in [5.74, 6) is 3.15. The molecule has 0 amide bonds. The smallest absolute Gasteiger partial charge is 0.336 e. The fourth-order valence-corrected chi connectivity index (χ4v) is 11.7. The Morgan fingerprint density at radius 2 is 1.64 bits per heavy atom. The molecule has 1 N–H and O–H groups in total. The number of benzene rings is 1. The van der Waals surface area contributed by atoms with Gasteiger partial charge in [-0.3, -0.25) is 0 Å². The number of aliphatic hydroxyl groups is 1. The van der Waals surface area contributed by atoms with E-state index in [1.165, 1.54) is 0 Å². The molecule has 8 heteroatoms. The summed E-state index contributed by atoms with van der Waals surface area (Å²) in [6, 6.07) is 9.89. The first-order valence-electron chi connectivity index (χ1n) is 14.1. The topological polar surface area (TPSA) is 74.2 Å². The number of aliphatic hydroxyl groups excluding tert-OH is 1. The molecule has 0 fully saturated rings. The first kappa shape index (κ1) is 31.4. The van der Waals surface area contributed by atoms with Crippen molar-refractivity contribution in [1.29, 1.82) is 0 Å². The fraction of sp³-hybridized carbons (Fsp3) is 0.581. The van der Waals surface area contributed by atoms with Crippen LogP contribution in [0.15, 0.2) is 53.8 Å². The third-order valence-corrected chi connectivity index (χ3v) is 14.5. The van der Waals surface area contributed by atoms with E-state index in [0.29, 0.717) is 29.0 Å². The normalized spacial score (nSPS) is 22.7. The van der Waals surface area contributed by atoms with Crippen molar-refractivity contribution in [2.24, 2.45) is 0 Å². The average Bonchev–Trinajstić information content (AvgIpc) is 3.29. The minimum atomic E-state index is -2.37. The van der Waals surface area contributed by atoms with Crippen molar-refractivity contribution < 1.29 is 28.5 Å². The van der Waals surface area contributed by atoms with Gasteiger partial charge in [0, 0.05) is 0 Å². The monoisotopic (exact) mass is 570 g/mol. The molecule has 39 heavy (non-hydrogen) atoms. The molecule has 4 atom stereocenters. The van der Waals surface area contributed by atoms with Gasteiger partial charge in [-0.25, -0.2) is 4.79 Å². The Bertz CT molecular complexity index is 1090. The molecule has 0 saturated heterocycles. The van der Waals surface area contributed by atoms with Crippen LogP contribution in [0.2, 0.25) is 36.3 Å². The Balaban J connectivity index is 2.12. The molecule has 0 unspecified atom stereocenters. The maximum atomic E-state index is 12.5. The zero-order chi connectivity index (χ0) is 29.0. The quantitative estimate of drug-likeness (QED) is 0.207. The Hall–Kier alpha value is -2.16. The molecule has 0 spiro atoms. The lowest BCUT2D eigenvalue weighted by Gasteiger charge is -2.47. The Kier molecular flexibility index (Phi) is 10.5. The number of carbonyl (C=O) groups excluding carboxylic acids is 1. The summed E-state index contributed by atoms with van der Waals surface area (Å²) in [4.78, 5) is 12.5. The van der Waals surface area contributed by atoms with Gasteiger partial charge in [0.25, 0.3) is 0 Å². The average molecular weight is 571 g/mol. The molecule has 0 bridgehead atoms. The number of ether oxygens (including phenoxy) is 3. The molecular weight excluding hydrogens is 525 g/mol. The van der Waals surface area contributed by atoms with Gasteiger partial charge in [-0.15, -0.1) is 5.54 Å². The molecule has 2 aliphatic heterocycles. The van der Waals surface area contributed by atoms with Crippen molar-refractivity contribution in [2.45, 2.75) is 109 Å². The summed E-state index contributed by atoms with van der Waals surface area (Å²) in [6.07, 6.45) is 0.214. The highest BCUT2D eigenvalue weighted by Crippen LogP contribution is 2.45. The van der Waals surface area contributed by atoms with E-state index in [9.17, 15) is 9.90 Å². The second-order valence-electron chi connectivity index (χ2n) is 12.5. The van der Waals surface area contributed by atoms with Gasteiger partial charge in [0.15, 0.2) is 11.9 Å². The van der Waals surface area contributed by atoms with Gasteiger partial charge in [0.1, 0.15) is 26.9 Å². The molecule has 6 nitrogen and oxygen atoms in total. The van der Waals surface area contributed by atoms with E-state index in [1.807, 2.05) is 36.4 Å². The van der Waals surface area contributed by atoms with Crippen LogP contribution < -0.4 is 0 Å². The number of carbonyl (C=O) groups is 1. The Morgan fingerprint density at radius 3 is 2.15 bits per heavy atom. The van der Waals surface area contributed by atoms with Gasteiger partial charge in [-0.05, 0) is 40.3 Å². The van der Waals surface area contributed by atoms with E-state index in [2.05, 4.69) is 72.6 Å². The predicted octanol–water partition coefficient (Wildman–Crippen LogP) is 6.14. The van der Waals surface area contributed by atoms with Crippen LogP contribution in [0, 0.1) is 11.5 Å². The number of hydrogen-bond donors (Lipinski definition) is 1. The molecule has 0 saturated carbocycles. The summed E-state index contributed by atoms with van der Waals surface area (Å²) in [5, 5.41) is 11.5. The van der Waals surface area contributed by atoms with Crippen LogP contribution in [0.1, 0.15) is 47.1 Å². The predicted molar refractivity (Wildman–Crippen MR) is 160 cm³/mol. The number of hydrogen-bond acceptors (Lipinski definition) is 6. The summed E-state index contributed by atoms with van der Waals surface area (Å²) in [5.41, 5.74) is 5.59. The molecule has 1 aromatic carbocycles. The van der Waals surface area contributed by atoms with Crippen LogP contribution in [0.4, 0.5) is 0 Å². The largest absolute Gasteiger partial charge is 0.477 e. The fourth-order valence-electron chi connectivity index (χ4n) is 5.74. The van der Waals surface area contributed by atoms with Crippen molar-refractivity contribution in [2.75, 3.05) is 6.61 Å². The SMILES string of the molecule is CC(C)[Si](O[C@@H]1C=C(C#C[Si](C)(C)C)O[C@H]([C@@H](O)C2=CCOC2=O)[C@H]1OCc1ccccc1)(C(C)C)C(C)C. The molecule has 2 heterocycles. The maximum absolute atomic E-state index is 12.5. The number of esters is 1. The molecule has 0 radical (unpaired) electrons. The summed E-state index contributed by atoms with van der Waals surface area (Å²) in [7, 11) is -4.09. The van der Waals surface area contributed by atoms with E-state index in [1.54, 1.807) is 6.08 Å². The third-order valence-electron chi connectivity index (χ3n) is 7.50. The van der Waals surface area contributed by atoms with Crippen LogP contribution in [0.3, 0.4) is 0 Å². The van der Waals surface area contributed by atoms with Gasteiger partial charge >= 0.3 is 5.97 Å². The van der Waals surface area contributed by atoms with Crippen molar-refractivity contribution in [3.05, 3.63) is 59.4 Å². The zero-order valence-electron chi connectivity index (χ0n) is 25.0. The van der Waals surface area contributed by atoms with Crippen LogP contribution in [0.5, 0.6) is 0 Å². The maximum Gasteiger partial charge on any atom is 0.336 e. The molecule has 1 aromatic rings. The summed E-state index contributed by atoms with van der Waals surface area (Å²) in [6.45, 7) is 20.4. The molecule has 214 valence electrons. The molecule has 2 aliphatic rings. The molecular formula is C31H46O6Si2. The molecule has 0 aromatic heterocycles. The first-order valence-corrected chi connectivity index (χ1v) is 19.7. The molecule has 3 rings (SSSR count). The van der Waals surface area contributed by atoms with Crippen molar-refractivity contribution in [3.8, 4) is 11.5 Å². The van der Waals surface area contributed by atoms with E-state index < -0.39 is 46.8 Å². The minimum Gasteiger partial charge on any atom is -0.477 e. The van der Waals surface area contributed by atoms with Crippen molar-refractivity contribution >= 4 is 22.4 Å². The lowest BCUT2D eigenvalue weighted by Crippen LogP contribution is -2.57. The van der Waals surface area contributed by atoms with Gasteiger partial charge in [0.05, 0.1) is 18.3 Å². The van der Waals surface area contributed by atoms with Crippen LogP contribution >= 0.6 is 0 Å². The number of allylic oxidation sites excluding steroid dienone is 1. The lowest BCUT2D eigenvalue weighted by molar-refractivity contribution is -0.147. The van der Waals surface area contributed by atoms with Gasteiger partial charge < -0.3 is 23.7 Å². The standard InChI is InChI=1S/C31H46O6Si2/c1-21(2)39(22(3)4,23(5)6)37-27-19-25(16-18-38(7,8)9)36-30(28(32)26-15-17-34-31(26)33)29(27)35-20-24-13-11-10-12-14-24/h10-15,19,21-23,27-30,32H,17,20H2,1-9H3/t27-,28+,29+,30-/m1/s1. The van der Waals surface area contributed by atoms with Crippen LogP contribution in [0.25, 0.3) is 0 Å². The van der Waals surface area contributed by atoms with Crippen molar-refractivity contribution in [1.82, 2.24) is 0 Å². The first-order chi connectivity index (χ1) is 18.3. The van der Waals surface area contributed by atoms with Gasteiger partial charge in [-0.1, -0.05) is 91.5 Å². The van der Waals surface area contributed by atoms with Gasteiger partial charge in [0.2, 0.25) is 8.32 Å². The summed E-state index contributed by atoms with van der Waals surface area (Å²) < 4.78 is 25.3. The van der Waals surface area contributed by atoms with Crippen LogP contribution in [-0.2, 0) is 30.0 Å². The van der Waals surface area contributed by atoms with E-state index in [-0.39, 0.29) is 12.2 Å².